The van der Waals surface area contributed by atoms with Crippen LogP contribution in [-0.2, 0) is 9.59 Å². The number of hydrogen-bond acceptors (Lipinski definition) is 2. The summed E-state index contributed by atoms with van der Waals surface area (Å²) in [5.41, 5.74) is -0.329. The Kier molecular flexibility index (Phi) is 4.71. The highest BCUT2D eigenvalue weighted by Gasteiger charge is 2.45. The molecule has 1 heterocycles. The average molecular weight is 281 g/mol. The number of nitrogens with zero attached hydrogens (tertiary/aromatic N) is 1. The van der Waals surface area contributed by atoms with Crippen LogP contribution in [0.5, 0.6) is 0 Å². The van der Waals surface area contributed by atoms with Crippen LogP contribution in [0, 0.1) is 11.3 Å². The molecular weight excluding hydrogens is 254 g/mol. The van der Waals surface area contributed by atoms with Crippen LogP contribution in [0.15, 0.2) is 0 Å². The number of likely N-dealkylation sites (tertiary alicyclic amines) is 1. The highest BCUT2D eigenvalue weighted by molar-refractivity contribution is 5.86. The summed E-state index contributed by atoms with van der Waals surface area (Å²) >= 11 is 0. The van der Waals surface area contributed by atoms with Gasteiger partial charge < -0.3 is 10.0 Å². The lowest BCUT2D eigenvalue weighted by atomic mass is 9.76. The van der Waals surface area contributed by atoms with E-state index in [1.807, 2.05) is 13.8 Å². The van der Waals surface area contributed by atoms with Crippen molar-refractivity contribution in [3.05, 3.63) is 0 Å². The molecule has 2 fully saturated rings. The number of carbonyl (C=O) groups excluding carboxylic acids is 1. The maximum Gasteiger partial charge on any atom is 0.326 e. The van der Waals surface area contributed by atoms with Crippen LogP contribution in [0.2, 0.25) is 0 Å². The summed E-state index contributed by atoms with van der Waals surface area (Å²) in [6.07, 6.45) is 8.27. The Balaban J connectivity index is 2.15. The Morgan fingerprint density at radius 2 is 1.65 bits per heavy atom. The monoisotopic (exact) mass is 281 g/mol. The van der Waals surface area contributed by atoms with Gasteiger partial charge in [-0.15, -0.1) is 0 Å². The van der Waals surface area contributed by atoms with Crippen LogP contribution in [0.1, 0.15) is 65.2 Å². The Bertz CT molecular complexity index is 370. The second-order valence-electron chi connectivity index (χ2n) is 7.05. The van der Waals surface area contributed by atoms with E-state index in [2.05, 4.69) is 0 Å². The van der Waals surface area contributed by atoms with Gasteiger partial charge in [-0.25, -0.2) is 4.79 Å². The number of carboxylic acids is 1. The number of carboxylic acid groups (broad SMARTS) is 1. The van der Waals surface area contributed by atoms with Crippen LogP contribution in [0.25, 0.3) is 0 Å². The minimum Gasteiger partial charge on any atom is -0.480 e. The summed E-state index contributed by atoms with van der Waals surface area (Å²) in [4.78, 5) is 26.1. The first-order chi connectivity index (χ1) is 9.43. The summed E-state index contributed by atoms with van der Waals surface area (Å²) < 4.78 is 0. The second-order valence-corrected chi connectivity index (χ2v) is 7.05. The van der Waals surface area contributed by atoms with Gasteiger partial charge in [-0.1, -0.05) is 39.5 Å². The molecule has 20 heavy (non-hydrogen) atoms. The van der Waals surface area contributed by atoms with E-state index in [1.54, 1.807) is 4.90 Å². The molecule has 1 aliphatic carbocycles. The Morgan fingerprint density at radius 3 is 2.20 bits per heavy atom. The van der Waals surface area contributed by atoms with E-state index in [-0.39, 0.29) is 17.2 Å². The molecule has 4 heteroatoms. The fourth-order valence-corrected chi connectivity index (χ4v) is 3.86. The molecule has 114 valence electrons. The third-order valence-corrected chi connectivity index (χ3v) is 4.99. The average Bonchev–Trinajstić information content (AvgIpc) is 2.64. The fraction of sp³-hybridized carbons (Fsp3) is 0.875. The lowest BCUT2D eigenvalue weighted by Gasteiger charge is -2.45. The van der Waals surface area contributed by atoms with Gasteiger partial charge in [0.1, 0.15) is 6.04 Å². The number of amides is 1. The molecule has 4 nitrogen and oxygen atoms in total. The van der Waals surface area contributed by atoms with Crippen LogP contribution in [0.4, 0.5) is 0 Å². The molecule has 0 aromatic heterocycles. The van der Waals surface area contributed by atoms with Gasteiger partial charge in [-0.2, -0.15) is 0 Å². The number of carbonyl (C=O) groups is 2. The van der Waals surface area contributed by atoms with Gasteiger partial charge in [0, 0.05) is 12.5 Å². The molecule has 1 saturated carbocycles. The smallest absolute Gasteiger partial charge is 0.326 e. The summed E-state index contributed by atoms with van der Waals surface area (Å²) in [6.45, 7) is 4.55. The van der Waals surface area contributed by atoms with Crippen LogP contribution in [0.3, 0.4) is 0 Å². The van der Waals surface area contributed by atoms with Crippen LogP contribution in [-0.4, -0.2) is 34.5 Å². The predicted molar refractivity (Wildman–Crippen MR) is 77.3 cm³/mol. The molecule has 0 radical (unpaired) electrons. The lowest BCUT2D eigenvalue weighted by Crippen LogP contribution is -2.57. The van der Waals surface area contributed by atoms with E-state index in [4.69, 9.17) is 0 Å². The molecule has 1 amide bonds. The lowest BCUT2D eigenvalue weighted by molar-refractivity contribution is -0.161. The third-order valence-electron chi connectivity index (χ3n) is 4.99. The van der Waals surface area contributed by atoms with Crippen molar-refractivity contribution in [3.63, 3.8) is 0 Å². The van der Waals surface area contributed by atoms with Gasteiger partial charge in [0.25, 0.3) is 0 Å². The minimum absolute atomic E-state index is 0.0493. The first kappa shape index (κ1) is 15.3. The number of piperidine rings is 1. The van der Waals surface area contributed by atoms with Gasteiger partial charge in [0.15, 0.2) is 0 Å². The molecule has 0 bridgehead atoms. The van der Waals surface area contributed by atoms with Crippen molar-refractivity contribution in [2.75, 3.05) is 6.54 Å². The molecule has 1 atom stereocenters. The van der Waals surface area contributed by atoms with Crippen LogP contribution < -0.4 is 0 Å². The van der Waals surface area contributed by atoms with Crippen molar-refractivity contribution >= 4 is 11.9 Å². The van der Waals surface area contributed by atoms with E-state index >= 15 is 0 Å². The van der Waals surface area contributed by atoms with Crippen molar-refractivity contribution in [2.24, 2.45) is 11.3 Å². The van der Waals surface area contributed by atoms with E-state index < -0.39 is 12.0 Å². The highest BCUT2D eigenvalue weighted by atomic mass is 16.4. The number of rotatable bonds is 2. The molecule has 1 saturated heterocycles. The van der Waals surface area contributed by atoms with Crippen molar-refractivity contribution < 1.29 is 14.7 Å². The number of aliphatic carboxylic acids is 1. The standard InChI is InChI=1S/C16H27NO3/c1-16(2)10-7-11-17(13(16)15(19)20)14(18)12-8-5-3-4-6-9-12/h12-13H,3-11H2,1-2H3,(H,19,20). The molecule has 2 aliphatic rings. The van der Waals surface area contributed by atoms with E-state index in [0.717, 1.165) is 38.5 Å². The van der Waals surface area contributed by atoms with Gasteiger partial charge in [0.2, 0.25) is 5.91 Å². The molecule has 2 rings (SSSR count). The SMILES string of the molecule is CC1(C)CCCN(C(=O)C2CCCCCC2)C1C(=O)O. The van der Waals surface area contributed by atoms with Crippen molar-refractivity contribution in [3.8, 4) is 0 Å². The highest BCUT2D eigenvalue weighted by Crippen LogP contribution is 2.37. The summed E-state index contributed by atoms with van der Waals surface area (Å²) in [6, 6.07) is -0.660. The van der Waals surface area contributed by atoms with Gasteiger partial charge in [-0.3, -0.25) is 4.79 Å². The summed E-state index contributed by atoms with van der Waals surface area (Å²) in [5.74, 6) is -0.711. The van der Waals surface area contributed by atoms with Gasteiger partial charge in [0.05, 0.1) is 0 Å². The zero-order valence-electron chi connectivity index (χ0n) is 12.7. The van der Waals surface area contributed by atoms with Crippen molar-refractivity contribution in [1.82, 2.24) is 4.90 Å². The largest absolute Gasteiger partial charge is 0.480 e. The maximum absolute atomic E-state index is 12.8. The zero-order valence-corrected chi connectivity index (χ0v) is 12.7. The van der Waals surface area contributed by atoms with E-state index in [1.165, 1.54) is 12.8 Å². The molecule has 0 aromatic rings. The van der Waals surface area contributed by atoms with Gasteiger partial charge >= 0.3 is 5.97 Å². The van der Waals surface area contributed by atoms with E-state index in [9.17, 15) is 14.7 Å². The normalized spacial score (nSPS) is 27.9. The van der Waals surface area contributed by atoms with Crippen molar-refractivity contribution in [1.29, 1.82) is 0 Å². The Hall–Kier alpha value is -1.06. The molecule has 0 spiro atoms. The second kappa shape index (κ2) is 6.15. The number of hydrogen-bond donors (Lipinski definition) is 1. The Labute approximate surface area is 121 Å². The van der Waals surface area contributed by atoms with Crippen molar-refractivity contribution in [2.45, 2.75) is 71.3 Å². The van der Waals surface area contributed by atoms with E-state index in [0.29, 0.717) is 6.54 Å². The Morgan fingerprint density at radius 1 is 1.05 bits per heavy atom. The predicted octanol–water partition coefficient (Wildman–Crippen LogP) is 3.06. The molecule has 0 aromatic carbocycles. The zero-order chi connectivity index (χ0) is 14.8. The molecule has 1 N–H and O–H groups in total. The first-order valence-corrected chi connectivity index (χ1v) is 7.97. The maximum atomic E-state index is 12.8. The summed E-state index contributed by atoms with van der Waals surface area (Å²) in [5, 5.41) is 9.55. The minimum atomic E-state index is -0.850. The molecule has 1 unspecified atom stereocenters. The fourth-order valence-electron chi connectivity index (χ4n) is 3.86. The van der Waals surface area contributed by atoms with Gasteiger partial charge in [-0.05, 0) is 31.1 Å². The quantitative estimate of drug-likeness (QED) is 0.791. The third kappa shape index (κ3) is 3.15. The topological polar surface area (TPSA) is 57.6 Å². The molecular formula is C16H27NO3. The first-order valence-electron chi connectivity index (χ1n) is 7.97. The van der Waals surface area contributed by atoms with Crippen LogP contribution >= 0.6 is 0 Å². The summed E-state index contributed by atoms with van der Waals surface area (Å²) in [7, 11) is 0. The molecule has 1 aliphatic heterocycles.